The third-order valence-corrected chi connectivity index (χ3v) is 3.80. The largest absolute Gasteiger partial charge is 0.383 e. The quantitative estimate of drug-likeness (QED) is 0.858. The topological polar surface area (TPSA) is 15.3 Å². The summed E-state index contributed by atoms with van der Waals surface area (Å²) in [6, 6.07) is 9.48. The van der Waals surface area contributed by atoms with E-state index in [2.05, 4.69) is 48.5 Å². The summed E-state index contributed by atoms with van der Waals surface area (Å²) < 4.78 is 0. The minimum absolute atomic E-state index is 0.703. The molecule has 1 aliphatic heterocycles. The lowest BCUT2D eigenvalue weighted by Gasteiger charge is -2.32. The van der Waals surface area contributed by atoms with E-state index in [1.807, 2.05) is 0 Å². The fraction of sp³-hybridized carbons (Fsp3) is 0.600. The molecule has 94 valence electrons. The first-order valence-electron chi connectivity index (χ1n) is 6.82. The number of benzene rings is 1. The van der Waals surface area contributed by atoms with Crippen LogP contribution in [-0.4, -0.2) is 31.1 Å². The number of aryl methyl sites for hydroxylation is 1. The van der Waals surface area contributed by atoms with E-state index in [4.69, 9.17) is 0 Å². The Morgan fingerprint density at radius 3 is 3.00 bits per heavy atom. The van der Waals surface area contributed by atoms with Gasteiger partial charge in [-0.05, 0) is 50.6 Å². The molecule has 2 rings (SSSR count). The van der Waals surface area contributed by atoms with Gasteiger partial charge >= 0.3 is 0 Å². The smallest absolute Gasteiger partial charge is 0.0343 e. The van der Waals surface area contributed by atoms with Crippen LogP contribution in [0.3, 0.4) is 0 Å². The summed E-state index contributed by atoms with van der Waals surface area (Å²) in [6.45, 7) is 4.53. The van der Waals surface area contributed by atoms with Gasteiger partial charge in [0.1, 0.15) is 0 Å². The molecular formula is C15H24N2. The highest BCUT2D eigenvalue weighted by atomic mass is 15.2. The fourth-order valence-electron chi connectivity index (χ4n) is 2.54. The van der Waals surface area contributed by atoms with E-state index in [0.29, 0.717) is 6.04 Å². The predicted octanol–water partition coefficient (Wildman–Crippen LogP) is 3.15. The molecule has 1 aromatic carbocycles. The SMILES string of the molecule is CCc1cccc(NCC2CCCCN2C)c1. The predicted molar refractivity (Wildman–Crippen MR) is 74.6 cm³/mol. The van der Waals surface area contributed by atoms with Gasteiger partial charge in [-0.2, -0.15) is 0 Å². The van der Waals surface area contributed by atoms with Crippen molar-refractivity contribution in [2.75, 3.05) is 25.5 Å². The molecule has 2 heteroatoms. The molecule has 0 spiro atoms. The van der Waals surface area contributed by atoms with Gasteiger partial charge < -0.3 is 10.2 Å². The third kappa shape index (κ3) is 3.47. The second-order valence-electron chi connectivity index (χ2n) is 5.07. The molecule has 1 unspecified atom stereocenters. The van der Waals surface area contributed by atoms with Crippen molar-refractivity contribution in [3.8, 4) is 0 Å². The number of likely N-dealkylation sites (tertiary alicyclic amines) is 1. The van der Waals surface area contributed by atoms with Crippen LogP contribution in [0.25, 0.3) is 0 Å². The summed E-state index contributed by atoms with van der Waals surface area (Å²) in [5.41, 5.74) is 2.68. The maximum Gasteiger partial charge on any atom is 0.0343 e. The minimum atomic E-state index is 0.703. The maximum absolute atomic E-state index is 3.58. The molecule has 1 N–H and O–H groups in total. The lowest BCUT2D eigenvalue weighted by molar-refractivity contribution is 0.194. The van der Waals surface area contributed by atoms with Crippen molar-refractivity contribution >= 4 is 5.69 Å². The molecule has 0 saturated carbocycles. The Hall–Kier alpha value is -1.02. The number of hydrogen-bond acceptors (Lipinski definition) is 2. The summed E-state index contributed by atoms with van der Waals surface area (Å²) in [7, 11) is 2.24. The minimum Gasteiger partial charge on any atom is -0.383 e. The standard InChI is InChI=1S/C15H24N2/c1-3-13-7-6-8-14(11-13)16-12-15-9-4-5-10-17(15)2/h6-8,11,15-16H,3-5,9-10,12H2,1-2H3. The van der Waals surface area contributed by atoms with Gasteiger partial charge in [-0.3, -0.25) is 0 Å². The highest BCUT2D eigenvalue weighted by Crippen LogP contribution is 2.17. The average Bonchev–Trinajstić information content (AvgIpc) is 2.38. The molecule has 0 radical (unpaired) electrons. The summed E-state index contributed by atoms with van der Waals surface area (Å²) in [6.07, 6.45) is 5.18. The van der Waals surface area contributed by atoms with Gasteiger partial charge in [0.2, 0.25) is 0 Å². The second kappa shape index (κ2) is 6.06. The zero-order valence-electron chi connectivity index (χ0n) is 11.1. The number of piperidine rings is 1. The molecule has 2 nitrogen and oxygen atoms in total. The van der Waals surface area contributed by atoms with E-state index in [0.717, 1.165) is 13.0 Å². The number of anilines is 1. The van der Waals surface area contributed by atoms with Crippen LogP contribution < -0.4 is 5.32 Å². The normalized spacial score (nSPS) is 21.4. The van der Waals surface area contributed by atoms with E-state index >= 15 is 0 Å². The van der Waals surface area contributed by atoms with Gasteiger partial charge in [0.15, 0.2) is 0 Å². The number of hydrogen-bond donors (Lipinski definition) is 1. The van der Waals surface area contributed by atoms with Crippen LogP contribution in [0, 0.1) is 0 Å². The molecule has 17 heavy (non-hydrogen) atoms. The first-order valence-corrected chi connectivity index (χ1v) is 6.82. The molecule has 1 saturated heterocycles. The zero-order valence-corrected chi connectivity index (χ0v) is 11.1. The second-order valence-corrected chi connectivity index (χ2v) is 5.07. The lowest BCUT2D eigenvalue weighted by atomic mass is 10.0. The van der Waals surface area contributed by atoms with Gasteiger partial charge in [0, 0.05) is 18.3 Å². The van der Waals surface area contributed by atoms with Crippen LogP contribution in [0.5, 0.6) is 0 Å². The number of rotatable bonds is 4. The van der Waals surface area contributed by atoms with E-state index < -0.39 is 0 Å². The Morgan fingerprint density at radius 2 is 2.24 bits per heavy atom. The Balaban J connectivity index is 1.88. The fourth-order valence-corrected chi connectivity index (χ4v) is 2.54. The summed E-state index contributed by atoms with van der Waals surface area (Å²) in [5.74, 6) is 0. The van der Waals surface area contributed by atoms with Crippen LogP contribution in [0.2, 0.25) is 0 Å². The molecule has 1 heterocycles. The number of nitrogens with zero attached hydrogens (tertiary/aromatic N) is 1. The first-order chi connectivity index (χ1) is 8.29. The highest BCUT2D eigenvalue weighted by Gasteiger charge is 2.18. The van der Waals surface area contributed by atoms with E-state index in [-0.39, 0.29) is 0 Å². The zero-order chi connectivity index (χ0) is 12.1. The average molecular weight is 232 g/mol. The first kappa shape index (κ1) is 12.4. The van der Waals surface area contributed by atoms with Gasteiger partial charge in [-0.25, -0.2) is 0 Å². The Kier molecular flexibility index (Phi) is 4.43. The summed E-state index contributed by atoms with van der Waals surface area (Å²) >= 11 is 0. The van der Waals surface area contributed by atoms with E-state index in [1.165, 1.54) is 37.1 Å². The van der Waals surface area contributed by atoms with Crippen LogP contribution in [-0.2, 0) is 6.42 Å². The molecule has 0 bridgehead atoms. The van der Waals surface area contributed by atoms with Gasteiger partial charge in [0.25, 0.3) is 0 Å². The molecule has 1 aromatic rings. The van der Waals surface area contributed by atoms with Crippen molar-refractivity contribution < 1.29 is 0 Å². The molecule has 1 atom stereocenters. The Labute approximate surface area is 105 Å². The molecular weight excluding hydrogens is 208 g/mol. The Morgan fingerprint density at radius 1 is 1.35 bits per heavy atom. The Bertz CT molecular complexity index is 349. The number of nitrogens with one attached hydrogen (secondary N) is 1. The molecule has 0 aliphatic carbocycles. The molecule has 1 fully saturated rings. The van der Waals surface area contributed by atoms with Crippen molar-refractivity contribution in [2.45, 2.75) is 38.6 Å². The third-order valence-electron chi connectivity index (χ3n) is 3.80. The number of likely N-dealkylation sites (N-methyl/N-ethyl adjacent to an activating group) is 1. The lowest BCUT2D eigenvalue weighted by Crippen LogP contribution is -2.40. The van der Waals surface area contributed by atoms with Crippen molar-refractivity contribution in [1.29, 1.82) is 0 Å². The molecule has 0 aromatic heterocycles. The highest BCUT2D eigenvalue weighted by molar-refractivity contribution is 5.45. The molecule has 1 aliphatic rings. The van der Waals surface area contributed by atoms with E-state index in [9.17, 15) is 0 Å². The summed E-state index contributed by atoms with van der Waals surface area (Å²) in [5, 5.41) is 3.58. The molecule has 0 amide bonds. The van der Waals surface area contributed by atoms with E-state index in [1.54, 1.807) is 0 Å². The van der Waals surface area contributed by atoms with Gasteiger partial charge in [0.05, 0.1) is 0 Å². The van der Waals surface area contributed by atoms with Crippen LogP contribution in [0.4, 0.5) is 5.69 Å². The van der Waals surface area contributed by atoms with Crippen LogP contribution >= 0.6 is 0 Å². The van der Waals surface area contributed by atoms with Crippen LogP contribution in [0.15, 0.2) is 24.3 Å². The summed E-state index contributed by atoms with van der Waals surface area (Å²) in [4.78, 5) is 2.49. The van der Waals surface area contributed by atoms with Crippen molar-refractivity contribution in [1.82, 2.24) is 4.90 Å². The van der Waals surface area contributed by atoms with Crippen molar-refractivity contribution in [3.05, 3.63) is 29.8 Å². The maximum atomic E-state index is 3.58. The van der Waals surface area contributed by atoms with Crippen molar-refractivity contribution in [3.63, 3.8) is 0 Å². The van der Waals surface area contributed by atoms with Crippen LogP contribution in [0.1, 0.15) is 31.7 Å². The van der Waals surface area contributed by atoms with Gasteiger partial charge in [-0.15, -0.1) is 0 Å². The van der Waals surface area contributed by atoms with Crippen molar-refractivity contribution in [2.24, 2.45) is 0 Å². The van der Waals surface area contributed by atoms with Gasteiger partial charge in [-0.1, -0.05) is 25.5 Å². The monoisotopic (exact) mass is 232 g/mol.